The molecule has 0 unspecified atom stereocenters. The Morgan fingerprint density at radius 3 is 2.67 bits per heavy atom. The number of hydrogen-bond acceptors (Lipinski definition) is 5. The standard InChI is InChI=1S/C20H33N3O4/c1-4-21-20(23-17-6-7-18(24-2)19(14-17)25-3)22-10-5-11-27-15-16-8-12-26-13-9-16/h6-7,14,16H,4-5,8-13,15H2,1-3H3,(H2,21,22,23). The van der Waals surface area contributed by atoms with E-state index in [4.69, 9.17) is 18.9 Å². The van der Waals surface area contributed by atoms with Crippen molar-refractivity contribution < 1.29 is 18.9 Å². The van der Waals surface area contributed by atoms with Crippen LogP contribution in [0, 0.1) is 5.92 Å². The number of anilines is 1. The Hall–Kier alpha value is -1.99. The summed E-state index contributed by atoms with van der Waals surface area (Å²) in [5, 5.41) is 6.55. The van der Waals surface area contributed by atoms with Crippen LogP contribution in [0.4, 0.5) is 5.69 Å². The summed E-state index contributed by atoms with van der Waals surface area (Å²) >= 11 is 0. The van der Waals surface area contributed by atoms with E-state index < -0.39 is 0 Å². The van der Waals surface area contributed by atoms with Gasteiger partial charge in [-0.25, -0.2) is 0 Å². The fourth-order valence-corrected chi connectivity index (χ4v) is 2.88. The van der Waals surface area contributed by atoms with Crippen molar-refractivity contribution in [1.29, 1.82) is 0 Å². The van der Waals surface area contributed by atoms with Crippen LogP contribution in [0.5, 0.6) is 11.5 Å². The molecule has 2 N–H and O–H groups in total. The molecular weight excluding hydrogens is 346 g/mol. The van der Waals surface area contributed by atoms with E-state index >= 15 is 0 Å². The lowest BCUT2D eigenvalue weighted by molar-refractivity contribution is 0.0205. The molecule has 1 aromatic rings. The van der Waals surface area contributed by atoms with Gasteiger partial charge in [0.1, 0.15) is 0 Å². The van der Waals surface area contributed by atoms with Gasteiger partial charge in [-0.1, -0.05) is 0 Å². The van der Waals surface area contributed by atoms with Gasteiger partial charge in [0.25, 0.3) is 0 Å². The molecule has 0 saturated carbocycles. The predicted molar refractivity (Wildman–Crippen MR) is 108 cm³/mol. The van der Waals surface area contributed by atoms with Crippen molar-refractivity contribution in [2.75, 3.05) is 59.1 Å². The van der Waals surface area contributed by atoms with E-state index in [2.05, 4.69) is 15.6 Å². The summed E-state index contributed by atoms with van der Waals surface area (Å²) in [6, 6.07) is 5.70. The average Bonchev–Trinajstić information content (AvgIpc) is 2.71. The molecule has 1 aliphatic heterocycles. The van der Waals surface area contributed by atoms with Crippen LogP contribution in [0.2, 0.25) is 0 Å². The second kappa shape index (κ2) is 12.4. The molecule has 27 heavy (non-hydrogen) atoms. The average molecular weight is 380 g/mol. The van der Waals surface area contributed by atoms with Gasteiger partial charge in [-0.2, -0.15) is 0 Å². The van der Waals surface area contributed by atoms with Crippen LogP contribution in [0.25, 0.3) is 0 Å². The Bertz CT molecular complexity index is 574. The maximum absolute atomic E-state index is 5.79. The van der Waals surface area contributed by atoms with Gasteiger partial charge in [0.2, 0.25) is 0 Å². The van der Waals surface area contributed by atoms with Crippen molar-refractivity contribution in [2.45, 2.75) is 26.2 Å². The summed E-state index contributed by atoms with van der Waals surface area (Å²) in [4.78, 5) is 4.61. The summed E-state index contributed by atoms with van der Waals surface area (Å²) in [5.41, 5.74) is 0.892. The fraction of sp³-hybridized carbons (Fsp3) is 0.650. The van der Waals surface area contributed by atoms with E-state index in [1.807, 2.05) is 25.1 Å². The lowest BCUT2D eigenvalue weighted by Gasteiger charge is -2.21. The molecule has 1 saturated heterocycles. The molecule has 0 amide bonds. The Balaban J connectivity index is 1.76. The Kier molecular flexibility index (Phi) is 9.79. The van der Waals surface area contributed by atoms with Crippen molar-refractivity contribution in [3.8, 4) is 11.5 Å². The quantitative estimate of drug-likeness (QED) is 0.370. The smallest absolute Gasteiger partial charge is 0.195 e. The zero-order chi connectivity index (χ0) is 19.3. The molecule has 1 aliphatic rings. The van der Waals surface area contributed by atoms with Crippen molar-refractivity contribution in [2.24, 2.45) is 10.9 Å². The van der Waals surface area contributed by atoms with Gasteiger partial charge in [0, 0.05) is 51.3 Å². The third-order valence-corrected chi connectivity index (χ3v) is 4.40. The number of hydrogen-bond donors (Lipinski definition) is 2. The summed E-state index contributed by atoms with van der Waals surface area (Å²) in [5.74, 6) is 2.77. The molecule has 7 nitrogen and oxygen atoms in total. The highest BCUT2D eigenvalue weighted by Gasteiger charge is 2.13. The van der Waals surface area contributed by atoms with Gasteiger partial charge in [-0.3, -0.25) is 4.99 Å². The summed E-state index contributed by atoms with van der Waals surface area (Å²) < 4.78 is 21.8. The van der Waals surface area contributed by atoms with Crippen LogP contribution in [0.1, 0.15) is 26.2 Å². The van der Waals surface area contributed by atoms with E-state index in [0.717, 1.165) is 63.9 Å². The molecule has 2 rings (SSSR count). The monoisotopic (exact) mass is 379 g/mol. The number of ether oxygens (including phenoxy) is 4. The highest BCUT2D eigenvalue weighted by Crippen LogP contribution is 2.29. The maximum atomic E-state index is 5.79. The molecule has 0 bridgehead atoms. The highest BCUT2D eigenvalue weighted by atomic mass is 16.5. The van der Waals surface area contributed by atoms with Crippen LogP contribution >= 0.6 is 0 Å². The number of benzene rings is 1. The van der Waals surface area contributed by atoms with E-state index in [-0.39, 0.29) is 0 Å². The molecule has 0 aromatic heterocycles. The Labute approximate surface area is 162 Å². The molecule has 0 aliphatic carbocycles. The zero-order valence-electron chi connectivity index (χ0n) is 16.8. The van der Waals surface area contributed by atoms with E-state index in [1.54, 1.807) is 14.2 Å². The molecule has 152 valence electrons. The first-order chi connectivity index (χ1) is 13.3. The zero-order valence-corrected chi connectivity index (χ0v) is 16.8. The minimum Gasteiger partial charge on any atom is -0.493 e. The molecule has 0 radical (unpaired) electrons. The molecule has 0 spiro atoms. The number of nitrogens with zero attached hydrogens (tertiary/aromatic N) is 1. The maximum Gasteiger partial charge on any atom is 0.195 e. The van der Waals surface area contributed by atoms with Crippen LogP contribution in [0.15, 0.2) is 23.2 Å². The van der Waals surface area contributed by atoms with Gasteiger partial charge in [-0.05, 0) is 44.2 Å². The molecule has 1 aromatic carbocycles. The molecule has 1 fully saturated rings. The fourth-order valence-electron chi connectivity index (χ4n) is 2.88. The molecular formula is C20H33N3O4. The van der Waals surface area contributed by atoms with E-state index in [0.29, 0.717) is 24.0 Å². The topological polar surface area (TPSA) is 73.3 Å². The lowest BCUT2D eigenvalue weighted by atomic mass is 10.0. The van der Waals surface area contributed by atoms with Crippen LogP contribution in [-0.4, -0.2) is 59.7 Å². The number of rotatable bonds is 10. The van der Waals surface area contributed by atoms with E-state index in [1.165, 1.54) is 0 Å². The highest BCUT2D eigenvalue weighted by molar-refractivity contribution is 5.93. The SMILES string of the molecule is CCNC(=NCCCOCC1CCOCC1)Nc1ccc(OC)c(OC)c1. The minimum absolute atomic E-state index is 0.645. The van der Waals surface area contributed by atoms with Crippen molar-refractivity contribution >= 4 is 11.6 Å². The largest absolute Gasteiger partial charge is 0.493 e. The predicted octanol–water partition coefficient (Wildman–Crippen LogP) is 2.91. The van der Waals surface area contributed by atoms with E-state index in [9.17, 15) is 0 Å². The van der Waals surface area contributed by atoms with Gasteiger partial charge < -0.3 is 29.6 Å². The summed E-state index contributed by atoms with van der Waals surface area (Å²) in [6.07, 6.45) is 3.11. The van der Waals surface area contributed by atoms with Crippen molar-refractivity contribution in [3.63, 3.8) is 0 Å². The van der Waals surface area contributed by atoms with Gasteiger partial charge in [0.05, 0.1) is 14.2 Å². The minimum atomic E-state index is 0.645. The second-order valence-electron chi connectivity index (χ2n) is 6.44. The van der Waals surface area contributed by atoms with Gasteiger partial charge in [-0.15, -0.1) is 0 Å². The van der Waals surface area contributed by atoms with Crippen LogP contribution < -0.4 is 20.1 Å². The summed E-state index contributed by atoms with van der Waals surface area (Å²) in [6.45, 7) is 6.84. The van der Waals surface area contributed by atoms with Crippen LogP contribution in [0.3, 0.4) is 0 Å². The number of guanidine groups is 1. The number of methoxy groups -OCH3 is 2. The molecule has 0 atom stereocenters. The third-order valence-electron chi connectivity index (χ3n) is 4.40. The molecule has 7 heteroatoms. The Morgan fingerprint density at radius 2 is 1.96 bits per heavy atom. The van der Waals surface area contributed by atoms with Crippen LogP contribution in [-0.2, 0) is 9.47 Å². The second-order valence-corrected chi connectivity index (χ2v) is 6.44. The first-order valence-corrected chi connectivity index (χ1v) is 9.69. The number of aliphatic imine (C=N–C) groups is 1. The third kappa shape index (κ3) is 7.64. The van der Waals surface area contributed by atoms with Crippen molar-refractivity contribution in [1.82, 2.24) is 5.32 Å². The Morgan fingerprint density at radius 1 is 1.19 bits per heavy atom. The van der Waals surface area contributed by atoms with Gasteiger partial charge >= 0.3 is 0 Å². The summed E-state index contributed by atoms with van der Waals surface area (Å²) in [7, 11) is 3.25. The number of nitrogens with one attached hydrogen (secondary N) is 2. The first-order valence-electron chi connectivity index (χ1n) is 9.69. The van der Waals surface area contributed by atoms with Gasteiger partial charge in [0.15, 0.2) is 17.5 Å². The lowest BCUT2D eigenvalue weighted by Crippen LogP contribution is -2.30. The normalized spacial score (nSPS) is 15.4. The first kappa shape index (κ1) is 21.3. The molecule has 1 heterocycles. The van der Waals surface area contributed by atoms with Crippen molar-refractivity contribution in [3.05, 3.63) is 18.2 Å².